The number of ketones is 1. The Hall–Kier alpha value is -4.12. The summed E-state index contributed by atoms with van der Waals surface area (Å²) in [5.74, 6) is -0.466. The summed E-state index contributed by atoms with van der Waals surface area (Å²) in [6.45, 7) is 6.95. The number of alkyl halides is 3. The second-order valence-corrected chi connectivity index (χ2v) is 8.02. The van der Waals surface area contributed by atoms with Crippen LogP contribution in [0.3, 0.4) is 0 Å². The molecule has 176 valence electrons. The number of ether oxygens (including phenoxy) is 2. The summed E-state index contributed by atoms with van der Waals surface area (Å²) < 4.78 is 75.6. The maximum atomic E-state index is 13.5. The minimum Gasteiger partial charge on any atom is -0.466 e. The van der Waals surface area contributed by atoms with Crippen LogP contribution in [0, 0.1) is 0 Å². The van der Waals surface area contributed by atoms with E-state index in [4.69, 9.17) is 9.47 Å². The van der Waals surface area contributed by atoms with E-state index < -0.39 is 27.1 Å². The van der Waals surface area contributed by atoms with Gasteiger partial charge in [0.25, 0.3) is 0 Å². The molecule has 3 rings (SSSR count). The largest absolute Gasteiger partial charge is 0.536 e. The first-order valence-electron chi connectivity index (χ1n) is 9.39. The second-order valence-electron chi connectivity index (χ2n) is 6.50. The molecule has 11 heteroatoms. The summed E-state index contributed by atoms with van der Waals surface area (Å²) in [5.41, 5.74) is -6.46. The lowest BCUT2D eigenvalue weighted by molar-refractivity contribution is -0.0540. The second kappa shape index (κ2) is 9.79. The molecular formula is C23H16F3NO6S. The van der Waals surface area contributed by atoms with Crippen molar-refractivity contribution in [1.29, 1.82) is 0 Å². The van der Waals surface area contributed by atoms with Crippen LogP contribution in [-0.4, -0.2) is 25.4 Å². The lowest BCUT2D eigenvalue weighted by atomic mass is 9.95. The van der Waals surface area contributed by atoms with Gasteiger partial charge in [-0.15, -0.1) is 0 Å². The van der Waals surface area contributed by atoms with E-state index in [9.17, 15) is 26.4 Å². The summed E-state index contributed by atoms with van der Waals surface area (Å²) in [4.78, 5) is 13.5. The normalized spacial score (nSPS) is 12.1. The quantitative estimate of drug-likeness (QED) is 0.132. The molecule has 0 saturated heterocycles. The number of benzene rings is 3. The van der Waals surface area contributed by atoms with E-state index in [-0.39, 0.29) is 16.9 Å². The van der Waals surface area contributed by atoms with Crippen LogP contribution < -0.4 is 9.47 Å². The van der Waals surface area contributed by atoms with Crippen molar-refractivity contribution in [3.8, 4) is 11.5 Å². The lowest BCUT2D eigenvalue weighted by Crippen LogP contribution is -2.25. The Morgan fingerprint density at radius 1 is 0.912 bits per heavy atom. The van der Waals surface area contributed by atoms with Gasteiger partial charge < -0.3 is 9.47 Å². The number of nitrogens with zero attached hydrogens (tertiary/aromatic N) is 1. The average molecular weight is 491 g/mol. The van der Waals surface area contributed by atoms with Gasteiger partial charge in [0, 0.05) is 16.5 Å². The van der Waals surface area contributed by atoms with Crippen molar-refractivity contribution in [3.63, 3.8) is 0 Å². The molecule has 0 amide bonds. The number of rotatable bonds is 9. The molecular weight excluding hydrogens is 475 g/mol. The maximum absolute atomic E-state index is 13.5. The highest BCUT2D eigenvalue weighted by Crippen LogP contribution is 2.34. The Kier molecular flexibility index (Phi) is 7.06. The Labute approximate surface area is 192 Å². The van der Waals surface area contributed by atoms with Crippen molar-refractivity contribution < 1.29 is 40.1 Å². The van der Waals surface area contributed by atoms with Gasteiger partial charge in [0.05, 0.1) is 12.5 Å². The molecule has 34 heavy (non-hydrogen) atoms. The number of hydrogen-bond acceptors (Lipinski definition) is 7. The minimum atomic E-state index is -6.10. The minimum absolute atomic E-state index is 0.0200. The third-order valence-electron chi connectivity index (χ3n) is 4.38. The first-order chi connectivity index (χ1) is 16.1. The molecule has 0 aliphatic heterocycles. The van der Waals surface area contributed by atoms with Gasteiger partial charge in [-0.3, -0.25) is 9.08 Å². The zero-order valence-corrected chi connectivity index (χ0v) is 18.1. The molecule has 3 aromatic rings. The van der Waals surface area contributed by atoms with Gasteiger partial charge in [-0.25, -0.2) is 0 Å². The zero-order chi connectivity index (χ0) is 24.9. The lowest BCUT2D eigenvalue weighted by Gasteiger charge is -2.13. The fourth-order valence-corrected chi connectivity index (χ4v) is 3.21. The standard InChI is InChI=1S/C23H16F3NO6S/c1-3-31-16-13-18-17(11-8-12-20(18)32-4-2)19(14-16)22(28)21(15-9-6-5-7-10-15)27-33-34(29,30)23(24,25)26/h3-14H,1-2H2/b27-21+. The summed E-state index contributed by atoms with van der Waals surface area (Å²) in [6.07, 6.45) is 2.28. The number of Topliss-reactive ketones (excluding diaryl/α,β-unsaturated/α-hetero) is 1. The number of fused-ring (bicyclic) bond motifs is 1. The number of carbonyl (C=O) groups is 1. The van der Waals surface area contributed by atoms with Gasteiger partial charge in [-0.05, 0) is 23.6 Å². The van der Waals surface area contributed by atoms with Crippen molar-refractivity contribution in [1.82, 2.24) is 0 Å². The molecule has 0 fully saturated rings. The van der Waals surface area contributed by atoms with Crippen molar-refractivity contribution in [2.45, 2.75) is 5.51 Å². The smallest absolute Gasteiger partial charge is 0.466 e. The molecule has 0 spiro atoms. The van der Waals surface area contributed by atoms with E-state index in [1.807, 2.05) is 0 Å². The van der Waals surface area contributed by atoms with Crippen molar-refractivity contribution >= 4 is 32.4 Å². The third kappa shape index (κ3) is 5.09. The Balaban J connectivity index is 2.24. The maximum Gasteiger partial charge on any atom is 0.536 e. The van der Waals surface area contributed by atoms with Gasteiger partial charge in [0.2, 0.25) is 5.78 Å². The number of hydrogen-bond donors (Lipinski definition) is 0. The molecule has 0 N–H and O–H groups in total. The highest BCUT2D eigenvalue weighted by molar-refractivity contribution is 7.87. The predicted molar refractivity (Wildman–Crippen MR) is 119 cm³/mol. The molecule has 0 bridgehead atoms. The average Bonchev–Trinajstić information content (AvgIpc) is 2.79. The summed E-state index contributed by atoms with van der Waals surface area (Å²) in [7, 11) is -6.10. The van der Waals surface area contributed by atoms with Gasteiger partial charge in [-0.2, -0.15) is 21.6 Å². The van der Waals surface area contributed by atoms with Crippen LogP contribution in [0.5, 0.6) is 11.5 Å². The molecule has 0 aromatic heterocycles. The molecule has 0 aliphatic rings. The van der Waals surface area contributed by atoms with Crippen molar-refractivity contribution in [2.75, 3.05) is 0 Å². The molecule has 0 aliphatic carbocycles. The van der Waals surface area contributed by atoms with Gasteiger partial charge in [-0.1, -0.05) is 60.8 Å². The van der Waals surface area contributed by atoms with Gasteiger partial charge in [0.1, 0.15) is 11.5 Å². The van der Waals surface area contributed by atoms with Crippen LogP contribution in [0.2, 0.25) is 0 Å². The van der Waals surface area contributed by atoms with E-state index in [1.165, 1.54) is 36.6 Å². The van der Waals surface area contributed by atoms with E-state index in [0.717, 1.165) is 6.26 Å². The van der Waals surface area contributed by atoms with Crippen molar-refractivity contribution in [2.24, 2.45) is 5.16 Å². The molecule has 0 radical (unpaired) electrons. The SMILES string of the molecule is C=COc1cc(C(=O)/C(=N/OS(=O)(=O)C(F)(F)F)c2ccccc2)c2cccc(OC=C)c2c1. The molecule has 0 unspecified atom stereocenters. The van der Waals surface area contributed by atoms with Crippen molar-refractivity contribution in [3.05, 3.63) is 97.5 Å². The predicted octanol–water partition coefficient (Wildman–Crippen LogP) is 5.34. The Morgan fingerprint density at radius 3 is 2.21 bits per heavy atom. The first-order valence-corrected chi connectivity index (χ1v) is 10.8. The van der Waals surface area contributed by atoms with Crippen LogP contribution in [0.25, 0.3) is 10.8 Å². The van der Waals surface area contributed by atoms with Crippen LogP contribution in [0.15, 0.2) is 91.5 Å². The molecule has 3 aromatic carbocycles. The van der Waals surface area contributed by atoms with E-state index in [0.29, 0.717) is 16.5 Å². The van der Waals surface area contributed by atoms with Crippen LogP contribution in [0.1, 0.15) is 15.9 Å². The Morgan fingerprint density at radius 2 is 1.59 bits per heavy atom. The molecule has 0 saturated carbocycles. The van der Waals surface area contributed by atoms with Crippen LogP contribution in [0.4, 0.5) is 13.2 Å². The molecule has 7 nitrogen and oxygen atoms in total. The topological polar surface area (TPSA) is 91.3 Å². The summed E-state index contributed by atoms with van der Waals surface area (Å²) >= 11 is 0. The summed E-state index contributed by atoms with van der Waals surface area (Å²) in [5, 5.41) is 3.83. The fourth-order valence-electron chi connectivity index (χ4n) is 2.95. The van der Waals surface area contributed by atoms with Gasteiger partial charge >= 0.3 is 15.6 Å². The highest BCUT2D eigenvalue weighted by atomic mass is 32.2. The molecule has 0 heterocycles. The van der Waals surface area contributed by atoms with E-state index >= 15 is 0 Å². The number of oxime groups is 1. The van der Waals surface area contributed by atoms with E-state index in [1.54, 1.807) is 30.3 Å². The number of carbonyl (C=O) groups excluding carboxylic acids is 1. The van der Waals surface area contributed by atoms with E-state index in [2.05, 4.69) is 22.6 Å². The highest BCUT2D eigenvalue weighted by Gasteiger charge is 2.49. The molecule has 0 atom stereocenters. The van der Waals surface area contributed by atoms with Crippen LogP contribution in [-0.2, 0) is 14.4 Å². The monoisotopic (exact) mass is 491 g/mol. The zero-order valence-electron chi connectivity index (χ0n) is 17.3. The van der Waals surface area contributed by atoms with Crippen LogP contribution >= 0.6 is 0 Å². The first kappa shape index (κ1) is 24.5. The summed E-state index contributed by atoms with van der Waals surface area (Å²) in [6, 6.07) is 14.9. The fraction of sp³-hybridized carbons (Fsp3) is 0.0435. The number of halogens is 3. The Bertz CT molecular complexity index is 1380. The van der Waals surface area contributed by atoms with Gasteiger partial charge in [0.15, 0.2) is 5.71 Å². The third-order valence-corrected chi connectivity index (χ3v) is 5.21.